The molecule has 0 fully saturated rings. The number of hydrogen-bond donors (Lipinski definition) is 1. The third-order valence-electron chi connectivity index (χ3n) is 2.99. The fourth-order valence-corrected chi connectivity index (χ4v) is 2.12. The van der Waals surface area contributed by atoms with Crippen LogP contribution in [-0.4, -0.2) is 6.04 Å². The first-order chi connectivity index (χ1) is 8.67. The molecule has 1 rings (SSSR count). The number of benzene rings is 1. The molecule has 0 heterocycles. The second kappa shape index (κ2) is 8.00. The largest absolute Gasteiger partial charge is 0.381 e. The van der Waals surface area contributed by atoms with E-state index in [2.05, 4.69) is 25.2 Å². The molecule has 0 amide bonds. The summed E-state index contributed by atoms with van der Waals surface area (Å²) in [4.78, 5) is 0. The van der Waals surface area contributed by atoms with Crippen molar-refractivity contribution in [1.82, 2.24) is 0 Å². The standard InChI is InChI=1S/C15H21ClN2/c1-3-4-5-6-7-12(2)18-15-10-14(16)9-8-13(15)11-17/h8-10,12,18H,3-7H2,1-2H3. The monoisotopic (exact) mass is 264 g/mol. The molecule has 0 spiro atoms. The molecule has 0 aliphatic carbocycles. The van der Waals surface area contributed by atoms with E-state index in [1.807, 2.05) is 6.07 Å². The van der Waals surface area contributed by atoms with E-state index < -0.39 is 0 Å². The highest BCUT2D eigenvalue weighted by Crippen LogP contribution is 2.22. The summed E-state index contributed by atoms with van der Waals surface area (Å²) in [6.07, 6.45) is 6.19. The number of hydrogen-bond acceptors (Lipinski definition) is 2. The van der Waals surface area contributed by atoms with Gasteiger partial charge < -0.3 is 5.32 Å². The summed E-state index contributed by atoms with van der Waals surface area (Å²) in [5, 5.41) is 13.1. The van der Waals surface area contributed by atoms with E-state index >= 15 is 0 Å². The average Bonchev–Trinajstić information content (AvgIpc) is 2.35. The molecular formula is C15H21ClN2. The zero-order valence-electron chi connectivity index (χ0n) is 11.2. The maximum absolute atomic E-state index is 9.04. The third-order valence-corrected chi connectivity index (χ3v) is 3.23. The Morgan fingerprint density at radius 1 is 1.33 bits per heavy atom. The Labute approximate surface area is 115 Å². The highest BCUT2D eigenvalue weighted by atomic mass is 35.5. The van der Waals surface area contributed by atoms with Crippen LogP contribution in [0.15, 0.2) is 18.2 Å². The van der Waals surface area contributed by atoms with Gasteiger partial charge in [-0.05, 0) is 31.5 Å². The van der Waals surface area contributed by atoms with Crippen LogP contribution in [0.3, 0.4) is 0 Å². The van der Waals surface area contributed by atoms with Gasteiger partial charge in [0.25, 0.3) is 0 Å². The van der Waals surface area contributed by atoms with E-state index in [1.165, 1.54) is 25.7 Å². The first-order valence-corrected chi connectivity index (χ1v) is 7.01. The van der Waals surface area contributed by atoms with Crippen LogP contribution < -0.4 is 5.32 Å². The van der Waals surface area contributed by atoms with Crippen molar-refractivity contribution in [1.29, 1.82) is 5.26 Å². The second-order valence-electron chi connectivity index (χ2n) is 4.70. The molecule has 0 aromatic heterocycles. The van der Waals surface area contributed by atoms with E-state index in [9.17, 15) is 0 Å². The van der Waals surface area contributed by atoms with Crippen LogP contribution in [-0.2, 0) is 0 Å². The number of unbranched alkanes of at least 4 members (excludes halogenated alkanes) is 3. The molecule has 2 nitrogen and oxygen atoms in total. The van der Waals surface area contributed by atoms with E-state index in [1.54, 1.807) is 12.1 Å². The summed E-state index contributed by atoms with van der Waals surface area (Å²) in [5.41, 5.74) is 1.49. The van der Waals surface area contributed by atoms with Crippen LogP contribution in [0, 0.1) is 11.3 Å². The first-order valence-electron chi connectivity index (χ1n) is 6.63. The quantitative estimate of drug-likeness (QED) is 0.705. The minimum Gasteiger partial charge on any atom is -0.381 e. The van der Waals surface area contributed by atoms with Crippen molar-refractivity contribution in [2.45, 2.75) is 52.0 Å². The molecule has 0 saturated carbocycles. The minimum atomic E-state index is 0.368. The molecule has 0 radical (unpaired) electrons. The molecule has 18 heavy (non-hydrogen) atoms. The number of rotatable bonds is 7. The van der Waals surface area contributed by atoms with Crippen LogP contribution >= 0.6 is 11.6 Å². The Bertz CT molecular complexity index is 409. The van der Waals surface area contributed by atoms with Crippen LogP contribution in [0.2, 0.25) is 5.02 Å². The van der Waals surface area contributed by atoms with Crippen molar-refractivity contribution in [2.24, 2.45) is 0 Å². The van der Waals surface area contributed by atoms with Crippen molar-refractivity contribution < 1.29 is 0 Å². The van der Waals surface area contributed by atoms with Gasteiger partial charge in [0.05, 0.1) is 11.3 Å². The SMILES string of the molecule is CCCCCCC(C)Nc1cc(Cl)ccc1C#N. The lowest BCUT2D eigenvalue weighted by molar-refractivity contribution is 0.594. The Hall–Kier alpha value is -1.20. The molecule has 1 aromatic rings. The lowest BCUT2D eigenvalue weighted by atomic mass is 10.1. The summed E-state index contributed by atoms with van der Waals surface area (Å²) in [6, 6.07) is 7.88. The average molecular weight is 265 g/mol. The van der Waals surface area contributed by atoms with Crippen LogP contribution in [0.1, 0.15) is 51.5 Å². The zero-order valence-corrected chi connectivity index (χ0v) is 11.9. The molecule has 3 heteroatoms. The fraction of sp³-hybridized carbons (Fsp3) is 0.533. The predicted molar refractivity (Wildman–Crippen MR) is 78.0 cm³/mol. The highest BCUT2D eigenvalue weighted by molar-refractivity contribution is 6.30. The first kappa shape index (κ1) is 14.9. The van der Waals surface area contributed by atoms with Gasteiger partial charge in [0.2, 0.25) is 0 Å². The molecule has 1 unspecified atom stereocenters. The molecule has 1 aromatic carbocycles. The van der Waals surface area contributed by atoms with Crippen molar-refractivity contribution in [3.8, 4) is 6.07 Å². The van der Waals surface area contributed by atoms with Gasteiger partial charge in [-0.25, -0.2) is 0 Å². The van der Waals surface area contributed by atoms with Gasteiger partial charge in [0.15, 0.2) is 0 Å². The van der Waals surface area contributed by atoms with Crippen molar-refractivity contribution in [2.75, 3.05) is 5.32 Å². The molecule has 0 bridgehead atoms. The van der Waals surface area contributed by atoms with Crippen LogP contribution in [0.25, 0.3) is 0 Å². The van der Waals surface area contributed by atoms with Gasteiger partial charge in [0.1, 0.15) is 6.07 Å². The third kappa shape index (κ3) is 4.98. The van der Waals surface area contributed by atoms with E-state index in [4.69, 9.17) is 16.9 Å². The fourth-order valence-electron chi connectivity index (χ4n) is 1.95. The Kier molecular flexibility index (Phi) is 6.60. The minimum absolute atomic E-state index is 0.368. The van der Waals surface area contributed by atoms with Gasteiger partial charge in [-0.15, -0.1) is 0 Å². The number of halogens is 1. The molecule has 1 atom stereocenters. The lowest BCUT2D eigenvalue weighted by Gasteiger charge is -2.16. The second-order valence-corrected chi connectivity index (χ2v) is 5.13. The molecule has 98 valence electrons. The van der Waals surface area contributed by atoms with Gasteiger partial charge >= 0.3 is 0 Å². The molecule has 0 aliphatic rings. The lowest BCUT2D eigenvalue weighted by Crippen LogP contribution is -2.15. The van der Waals surface area contributed by atoms with E-state index in [0.717, 1.165) is 12.1 Å². The van der Waals surface area contributed by atoms with Gasteiger partial charge in [0, 0.05) is 11.1 Å². The number of nitriles is 1. The topological polar surface area (TPSA) is 35.8 Å². The summed E-state index contributed by atoms with van der Waals surface area (Å²) < 4.78 is 0. The van der Waals surface area contributed by atoms with Gasteiger partial charge in [-0.3, -0.25) is 0 Å². The van der Waals surface area contributed by atoms with E-state index in [0.29, 0.717) is 16.6 Å². The molecule has 0 saturated heterocycles. The summed E-state index contributed by atoms with van der Waals surface area (Å²) >= 11 is 5.95. The summed E-state index contributed by atoms with van der Waals surface area (Å²) in [5.74, 6) is 0. The summed E-state index contributed by atoms with van der Waals surface area (Å²) in [6.45, 7) is 4.36. The van der Waals surface area contributed by atoms with Crippen LogP contribution in [0.4, 0.5) is 5.69 Å². The van der Waals surface area contributed by atoms with Crippen LogP contribution in [0.5, 0.6) is 0 Å². The maximum Gasteiger partial charge on any atom is 0.101 e. The normalized spacial score (nSPS) is 11.9. The summed E-state index contributed by atoms with van der Waals surface area (Å²) in [7, 11) is 0. The Balaban J connectivity index is 2.51. The Morgan fingerprint density at radius 3 is 2.78 bits per heavy atom. The smallest absolute Gasteiger partial charge is 0.101 e. The van der Waals surface area contributed by atoms with E-state index in [-0.39, 0.29) is 0 Å². The maximum atomic E-state index is 9.04. The zero-order chi connectivity index (χ0) is 13.4. The highest BCUT2D eigenvalue weighted by Gasteiger charge is 2.06. The molecular weight excluding hydrogens is 244 g/mol. The van der Waals surface area contributed by atoms with Crippen molar-refractivity contribution in [3.05, 3.63) is 28.8 Å². The molecule has 0 aliphatic heterocycles. The number of anilines is 1. The predicted octanol–water partition coefficient (Wildman–Crippen LogP) is 4.98. The number of nitrogens with zero attached hydrogens (tertiary/aromatic N) is 1. The molecule has 1 N–H and O–H groups in total. The van der Waals surface area contributed by atoms with Crippen molar-refractivity contribution >= 4 is 17.3 Å². The van der Waals surface area contributed by atoms with Crippen molar-refractivity contribution in [3.63, 3.8) is 0 Å². The van der Waals surface area contributed by atoms with Gasteiger partial charge in [-0.1, -0.05) is 44.2 Å². The van der Waals surface area contributed by atoms with Gasteiger partial charge in [-0.2, -0.15) is 5.26 Å². The Morgan fingerprint density at radius 2 is 2.11 bits per heavy atom. The number of nitrogens with one attached hydrogen (secondary N) is 1.